The maximum atomic E-state index is 12.9. The van der Waals surface area contributed by atoms with Crippen LogP contribution in [0.25, 0.3) is 15.9 Å². The lowest BCUT2D eigenvalue weighted by atomic mass is 9.96. The quantitative estimate of drug-likeness (QED) is 0.506. The Morgan fingerprint density at radius 2 is 1.90 bits per heavy atom. The van der Waals surface area contributed by atoms with Gasteiger partial charge in [-0.2, -0.15) is 4.52 Å². The molecule has 1 saturated heterocycles. The predicted molar refractivity (Wildman–Crippen MR) is 117 cm³/mol. The smallest absolute Gasteiger partial charge is 0.282 e. The highest BCUT2D eigenvalue weighted by atomic mass is 32.1. The third-order valence-corrected chi connectivity index (χ3v) is 6.48. The van der Waals surface area contributed by atoms with Gasteiger partial charge in [-0.3, -0.25) is 4.79 Å². The maximum absolute atomic E-state index is 12.9. The largest absolute Gasteiger partial charge is 0.351 e. The SMILES string of the molecule is CN(C(=O)c1nc2ccccc2s1)C1CN(c2ccc3nnc(C(C)(C)C)n3n2)C1. The fourth-order valence-electron chi connectivity index (χ4n) is 3.58. The van der Waals surface area contributed by atoms with Crippen molar-refractivity contribution in [3.05, 3.63) is 47.2 Å². The lowest BCUT2D eigenvalue weighted by molar-refractivity contribution is 0.0705. The van der Waals surface area contributed by atoms with Crippen LogP contribution in [0.1, 0.15) is 36.4 Å². The first-order chi connectivity index (χ1) is 14.3. The number of carbonyl (C=O) groups is 1. The van der Waals surface area contributed by atoms with E-state index in [9.17, 15) is 4.79 Å². The number of carbonyl (C=O) groups excluding carboxylic acids is 1. The van der Waals surface area contributed by atoms with E-state index >= 15 is 0 Å². The van der Waals surface area contributed by atoms with Gasteiger partial charge in [0.25, 0.3) is 5.91 Å². The summed E-state index contributed by atoms with van der Waals surface area (Å²) in [6, 6.07) is 11.9. The zero-order chi connectivity index (χ0) is 21.0. The normalized spacial score (nSPS) is 15.0. The van der Waals surface area contributed by atoms with Gasteiger partial charge in [-0.25, -0.2) is 4.98 Å². The van der Waals surface area contributed by atoms with Crippen molar-refractivity contribution in [2.24, 2.45) is 0 Å². The van der Waals surface area contributed by atoms with Crippen LogP contribution < -0.4 is 4.90 Å². The summed E-state index contributed by atoms with van der Waals surface area (Å²) >= 11 is 1.44. The van der Waals surface area contributed by atoms with Gasteiger partial charge in [-0.1, -0.05) is 32.9 Å². The third-order valence-electron chi connectivity index (χ3n) is 5.45. The van der Waals surface area contributed by atoms with Crippen molar-refractivity contribution >= 4 is 38.9 Å². The second kappa shape index (κ2) is 6.73. The van der Waals surface area contributed by atoms with E-state index in [4.69, 9.17) is 5.10 Å². The van der Waals surface area contributed by atoms with Gasteiger partial charge in [0.1, 0.15) is 5.82 Å². The highest BCUT2D eigenvalue weighted by Gasteiger charge is 2.35. The van der Waals surface area contributed by atoms with Crippen LogP contribution in [0.2, 0.25) is 0 Å². The van der Waals surface area contributed by atoms with Crippen LogP contribution >= 0.6 is 11.3 Å². The number of aromatic nitrogens is 5. The van der Waals surface area contributed by atoms with Crippen molar-refractivity contribution in [2.45, 2.75) is 32.2 Å². The average Bonchev–Trinajstić information content (AvgIpc) is 3.29. The van der Waals surface area contributed by atoms with Gasteiger partial charge in [-0.15, -0.1) is 26.6 Å². The number of hydrogen-bond acceptors (Lipinski definition) is 7. The Balaban J connectivity index is 1.31. The lowest BCUT2D eigenvalue weighted by Crippen LogP contribution is -2.60. The highest BCUT2D eigenvalue weighted by Crippen LogP contribution is 2.27. The molecule has 0 radical (unpaired) electrons. The molecule has 1 aliphatic heterocycles. The fourth-order valence-corrected chi connectivity index (χ4v) is 4.53. The number of benzene rings is 1. The second-order valence-corrected chi connectivity index (χ2v) is 9.73. The number of anilines is 1. The average molecular weight is 422 g/mol. The number of fused-ring (bicyclic) bond motifs is 2. The number of thiazole rings is 1. The molecule has 3 aromatic heterocycles. The van der Waals surface area contributed by atoms with E-state index in [-0.39, 0.29) is 17.4 Å². The minimum Gasteiger partial charge on any atom is -0.351 e. The highest BCUT2D eigenvalue weighted by molar-refractivity contribution is 7.20. The zero-order valence-corrected chi connectivity index (χ0v) is 18.2. The minimum atomic E-state index is -0.146. The fraction of sp³-hybridized carbons (Fsp3) is 0.381. The minimum absolute atomic E-state index is 0.0295. The third kappa shape index (κ3) is 3.09. The molecule has 0 atom stereocenters. The Morgan fingerprint density at radius 3 is 2.63 bits per heavy atom. The molecule has 0 spiro atoms. The molecular weight excluding hydrogens is 398 g/mol. The van der Waals surface area contributed by atoms with Gasteiger partial charge in [0, 0.05) is 25.6 Å². The number of rotatable bonds is 3. The first kappa shape index (κ1) is 18.9. The second-order valence-electron chi connectivity index (χ2n) is 8.70. The maximum Gasteiger partial charge on any atom is 0.282 e. The van der Waals surface area contributed by atoms with Gasteiger partial charge in [0.15, 0.2) is 16.5 Å². The van der Waals surface area contributed by atoms with Crippen LogP contribution in [0, 0.1) is 0 Å². The molecule has 0 aliphatic carbocycles. The Bertz CT molecular complexity index is 1220. The summed E-state index contributed by atoms with van der Waals surface area (Å²) in [7, 11) is 1.85. The summed E-state index contributed by atoms with van der Waals surface area (Å²) in [5.74, 6) is 1.67. The molecule has 1 amide bonds. The van der Waals surface area contributed by atoms with E-state index in [1.807, 2.05) is 48.0 Å². The first-order valence-electron chi connectivity index (χ1n) is 9.92. The van der Waals surface area contributed by atoms with E-state index in [0.717, 1.165) is 40.6 Å². The zero-order valence-electron chi connectivity index (χ0n) is 17.4. The van der Waals surface area contributed by atoms with Crippen molar-refractivity contribution in [1.29, 1.82) is 0 Å². The molecule has 0 unspecified atom stereocenters. The molecule has 0 bridgehead atoms. The van der Waals surface area contributed by atoms with E-state index < -0.39 is 0 Å². The van der Waals surface area contributed by atoms with Gasteiger partial charge < -0.3 is 9.80 Å². The van der Waals surface area contributed by atoms with Gasteiger partial charge >= 0.3 is 0 Å². The lowest BCUT2D eigenvalue weighted by Gasteiger charge is -2.44. The molecule has 0 saturated carbocycles. The molecule has 4 aromatic rings. The Labute approximate surface area is 178 Å². The van der Waals surface area contributed by atoms with Crippen molar-refractivity contribution < 1.29 is 4.79 Å². The number of likely N-dealkylation sites (N-methyl/N-ethyl adjacent to an activating group) is 1. The van der Waals surface area contributed by atoms with E-state index in [1.54, 1.807) is 4.90 Å². The molecule has 1 aliphatic rings. The molecule has 0 N–H and O–H groups in total. The van der Waals surface area contributed by atoms with Crippen molar-refractivity contribution in [1.82, 2.24) is 29.7 Å². The summed E-state index contributed by atoms with van der Waals surface area (Å²) in [6.07, 6.45) is 0. The van der Waals surface area contributed by atoms with Crippen LogP contribution in [-0.4, -0.2) is 61.8 Å². The Hall–Kier alpha value is -3.07. The number of hydrogen-bond donors (Lipinski definition) is 0. The first-order valence-corrected chi connectivity index (χ1v) is 10.7. The summed E-state index contributed by atoms with van der Waals surface area (Å²) in [4.78, 5) is 21.4. The molecule has 9 heteroatoms. The van der Waals surface area contributed by atoms with Crippen molar-refractivity contribution in [3.8, 4) is 0 Å². The number of para-hydroxylation sites is 1. The standard InChI is InChI=1S/C21H23N7OS/c1-21(2,3)20-24-23-16-9-10-17(25-28(16)20)27-11-13(12-27)26(4)19(29)18-22-14-7-5-6-8-15(14)30-18/h5-10,13H,11-12H2,1-4H3. The summed E-state index contributed by atoms with van der Waals surface area (Å²) in [5.41, 5.74) is 1.46. The summed E-state index contributed by atoms with van der Waals surface area (Å²) < 4.78 is 2.85. The Morgan fingerprint density at radius 1 is 1.13 bits per heavy atom. The van der Waals surface area contributed by atoms with Crippen LogP contribution in [-0.2, 0) is 5.41 Å². The monoisotopic (exact) mass is 421 g/mol. The predicted octanol–water partition coefficient (Wildman–Crippen LogP) is 2.99. The van der Waals surface area contributed by atoms with Crippen molar-refractivity contribution in [2.75, 3.05) is 25.0 Å². The van der Waals surface area contributed by atoms with Crippen LogP contribution in [0.3, 0.4) is 0 Å². The van der Waals surface area contributed by atoms with E-state index in [1.165, 1.54) is 11.3 Å². The number of nitrogens with zero attached hydrogens (tertiary/aromatic N) is 7. The van der Waals surface area contributed by atoms with Crippen LogP contribution in [0.15, 0.2) is 36.4 Å². The molecular formula is C21H23N7OS. The molecule has 4 heterocycles. The van der Waals surface area contributed by atoms with E-state index in [0.29, 0.717) is 5.01 Å². The van der Waals surface area contributed by atoms with Crippen LogP contribution in [0.4, 0.5) is 5.82 Å². The van der Waals surface area contributed by atoms with Gasteiger partial charge in [0.05, 0.1) is 16.3 Å². The summed E-state index contributed by atoms with van der Waals surface area (Å²) in [5, 5.41) is 13.8. The van der Waals surface area contributed by atoms with Gasteiger partial charge in [0.2, 0.25) is 0 Å². The summed E-state index contributed by atoms with van der Waals surface area (Å²) in [6.45, 7) is 7.76. The molecule has 1 aromatic carbocycles. The molecule has 30 heavy (non-hydrogen) atoms. The van der Waals surface area contributed by atoms with Crippen LogP contribution in [0.5, 0.6) is 0 Å². The van der Waals surface area contributed by atoms with Gasteiger partial charge in [-0.05, 0) is 24.3 Å². The molecule has 1 fully saturated rings. The Kier molecular flexibility index (Phi) is 4.25. The topological polar surface area (TPSA) is 79.5 Å². The molecule has 5 rings (SSSR count). The van der Waals surface area contributed by atoms with E-state index in [2.05, 4.69) is 40.9 Å². The molecule has 8 nitrogen and oxygen atoms in total. The van der Waals surface area contributed by atoms with Crippen molar-refractivity contribution in [3.63, 3.8) is 0 Å². The number of amides is 1. The molecule has 154 valence electrons.